The van der Waals surface area contributed by atoms with E-state index in [-0.39, 0.29) is 0 Å². The largest absolute Gasteiger partial charge is 0.380 e. The minimum Gasteiger partial charge on any atom is -0.380 e. The first-order valence-corrected chi connectivity index (χ1v) is 7.12. The van der Waals surface area contributed by atoms with Crippen LogP contribution in [-0.2, 0) is 4.74 Å². The molecule has 1 rings (SSSR count). The van der Waals surface area contributed by atoms with Crippen molar-refractivity contribution in [2.75, 3.05) is 33.3 Å². The van der Waals surface area contributed by atoms with E-state index in [1.165, 1.54) is 38.8 Å². The van der Waals surface area contributed by atoms with E-state index >= 15 is 0 Å². The van der Waals surface area contributed by atoms with Crippen LogP contribution in [0.4, 0.5) is 0 Å². The summed E-state index contributed by atoms with van der Waals surface area (Å²) in [4.78, 5) is 2.54. The van der Waals surface area contributed by atoms with Crippen molar-refractivity contribution < 1.29 is 4.74 Å². The van der Waals surface area contributed by atoms with Gasteiger partial charge in [-0.25, -0.2) is 0 Å². The molecule has 0 bridgehead atoms. The number of likely N-dealkylation sites (tertiary alicyclic amines) is 1. The predicted octanol–water partition coefficient (Wildman–Crippen LogP) is 2.11. The summed E-state index contributed by atoms with van der Waals surface area (Å²) in [5.41, 5.74) is 5.67. The molecule has 2 atom stereocenters. The summed E-state index contributed by atoms with van der Waals surface area (Å²) in [7, 11) is 1.82. The standard InChI is InChI=1S/C14H30N2O/c1-12(2)13(6-8-15)5-4-9-16-10-7-14(11-16)17-3/h12-14H,4-11,15H2,1-3H3. The van der Waals surface area contributed by atoms with Crippen molar-refractivity contribution in [1.82, 2.24) is 4.90 Å². The van der Waals surface area contributed by atoms with Crippen molar-refractivity contribution >= 4 is 0 Å². The first-order valence-electron chi connectivity index (χ1n) is 7.12. The van der Waals surface area contributed by atoms with Gasteiger partial charge in [0.25, 0.3) is 0 Å². The molecule has 1 fully saturated rings. The van der Waals surface area contributed by atoms with Crippen LogP contribution in [0.1, 0.15) is 39.5 Å². The monoisotopic (exact) mass is 242 g/mol. The lowest BCUT2D eigenvalue weighted by molar-refractivity contribution is 0.107. The number of nitrogens with zero attached hydrogens (tertiary/aromatic N) is 1. The van der Waals surface area contributed by atoms with E-state index in [4.69, 9.17) is 10.5 Å². The van der Waals surface area contributed by atoms with Crippen LogP contribution >= 0.6 is 0 Å². The van der Waals surface area contributed by atoms with Crippen molar-refractivity contribution in [1.29, 1.82) is 0 Å². The maximum Gasteiger partial charge on any atom is 0.0710 e. The Kier molecular flexibility index (Phi) is 7.09. The second-order valence-electron chi connectivity index (χ2n) is 5.67. The molecule has 0 aromatic rings. The molecule has 0 aromatic heterocycles. The molecule has 0 spiro atoms. The van der Waals surface area contributed by atoms with Gasteiger partial charge in [0.1, 0.15) is 0 Å². The van der Waals surface area contributed by atoms with Gasteiger partial charge in [-0.2, -0.15) is 0 Å². The van der Waals surface area contributed by atoms with Crippen molar-refractivity contribution in [2.45, 2.75) is 45.6 Å². The molecule has 1 aliphatic heterocycles. The Labute approximate surface area is 107 Å². The molecule has 17 heavy (non-hydrogen) atoms. The third kappa shape index (κ3) is 5.36. The molecule has 2 N–H and O–H groups in total. The van der Waals surface area contributed by atoms with Crippen LogP contribution in [-0.4, -0.2) is 44.3 Å². The van der Waals surface area contributed by atoms with E-state index < -0.39 is 0 Å². The van der Waals surface area contributed by atoms with Crippen molar-refractivity contribution in [3.8, 4) is 0 Å². The van der Waals surface area contributed by atoms with Crippen LogP contribution in [0.2, 0.25) is 0 Å². The van der Waals surface area contributed by atoms with Crippen molar-refractivity contribution in [3.63, 3.8) is 0 Å². The van der Waals surface area contributed by atoms with Gasteiger partial charge in [-0.05, 0) is 50.6 Å². The van der Waals surface area contributed by atoms with Crippen LogP contribution in [0.25, 0.3) is 0 Å². The zero-order chi connectivity index (χ0) is 12.7. The lowest BCUT2D eigenvalue weighted by atomic mass is 9.88. The summed E-state index contributed by atoms with van der Waals surface area (Å²) in [6.45, 7) is 9.03. The zero-order valence-corrected chi connectivity index (χ0v) is 11.8. The Bertz CT molecular complexity index is 197. The van der Waals surface area contributed by atoms with Gasteiger partial charge in [0.05, 0.1) is 6.10 Å². The number of nitrogens with two attached hydrogens (primary N) is 1. The van der Waals surface area contributed by atoms with Crippen LogP contribution in [0.3, 0.4) is 0 Å². The van der Waals surface area contributed by atoms with Crippen molar-refractivity contribution in [2.24, 2.45) is 17.6 Å². The van der Waals surface area contributed by atoms with Gasteiger partial charge >= 0.3 is 0 Å². The number of methoxy groups -OCH3 is 1. The molecule has 0 aromatic carbocycles. The maximum atomic E-state index is 5.67. The summed E-state index contributed by atoms with van der Waals surface area (Å²) in [5.74, 6) is 1.57. The van der Waals surface area contributed by atoms with E-state index in [0.717, 1.165) is 24.9 Å². The highest BCUT2D eigenvalue weighted by molar-refractivity contribution is 4.76. The van der Waals surface area contributed by atoms with Gasteiger partial charge in [-0.1, -0.05) is 13.8 Å². The minimum absolute atomic E-state index is 0.472. The van der Waals surface area contributed by atoms with Gasteiger partial charge < -0.3 is 15.4 Å². The SMILES string of the molecule is COC1CCN(CCCC(CCN)C(C)C)C1. The molecule has 102 valence electrons. The average molecular weight is 242 g/mol. The fourth-order valence-electron chi connectivity index (χ4n) is 2.79. The summed E-state index contributed by atoms with van der Waals surface area (Å²) < 4.78 is 5.39. The molecular weight excluding hydrogens is 212 g/mol. The zero-order valence-electron chi connectivity index (χ0n) is 11.8. The minimum atomic E-state index is 0.472. The molecule has 0 radical (unpaired) electrons. The average Bonchev–Trinajstić information content (AvgIpc) is 2.75. The fraction of sp³-hybridized carbons (Fsp3) is 1.00. The molecule has 2 unspecified atom stereocenters. The summed E-state index contributed by atoms with van der Waals surface area (Å²) in [6, 6.07) is 0. The Hall–Kier alpha value is -0.120. The molecule has 1 aliphatic rings. The Balaban J connectivity index is 2.14. The molecular formula is C14H30N2O. The van der Waals surface area contributed by atoms with Gasteiger partial charge in [-0.3, -0.25) is 0 Å². The van der Waals surface area contributed by atoms with Crippen LogP contribution in [0, 0.1) is 11.8 Å². The van der Waals surface area contributed by atoms with E-state index in [0.29, 0.717) is 6.10 Å². The highest BCUT2D eigenvalue weighted by Gasteiger charge is 2.21. The third-order valence-corrected chi connectivity index (χ3v) is 4.09. The smallest absolute Gasteiger partial charge is 0.0710 e. The van der Waals surface area contributed by atoms with Crippen LogP contribution < -0.4 is 5.73 Å². The Morgan fingerprint density at radius 3 is 2.65 bits per heavy atom. The topological polar surface area (TPSA) is 38.5 Å². The number of ether oxygens (including phenoxy) is 1. The molecule has 0 amide bonds. The highest BCUT2D eigenvalue weighted by Crippen LogP contribution is 2.21. The van der Waals surface area contributed by atoms with E-state index in [9.17, 15) is 0 Å². The van der Waals surface area contributed by atoms with E-state index in [1.54, 1.807) is 0 Å². The van der Waals surface area contributed by atoms with Gasteiger partial charge in [0.15, 0.2) is 0 Å². The van der Waals surface area contributed by atoms with Gasteiger partial charge in [0.2, 0.25) is 0 Å². The molecule has 1 heterocycles. The van der Waals surface area contributed by atoms with Crippen LogP contribution in [0.15, 0.2) is 0 Å². The lowest BCUT2D eigenvalue weighted by Crippen LogP contribution is -2.25. The Morgan fingerprint density at radius 1 is 1.35 bits per heavy atom. The normalized spacial score (nSPS) is 23.5. The molecule has 3 nitrogen and oxygen atoms in total. The number of rotatable bonds is 8. The first kappa shape index (κ1) is 14.9. The summed E-state index contributed by atoms with van der Waals surface area (Å²) in [6.07, 6.45) is 5.48. The lowest BCUT2D eigenvalue weighted by Gasteiger charge is -2.22. The third-order valence-electron chi connectivity index (χ3n) is 4.09. The van der Waals surface area contributed by atoms with Gasteiger partial charge in [0, 0.05) is 20.2 Å². The molecule has 1 saturated heterocycles. The quantitative estimate of drug-likeness (QED) is 0.708. The maximum absolute atomic E-state index is 5.67. The summed E-state index contributed by atoms with van der Waals surface area (Å²) in [5, 5.41) is 0. The first-order chi connectivity index (χ1) is 8.17. The fourth-order valence-corrected chi connectivity index (χ4v) is 2.79. The van der Waals surface area contributed by atoms with Crippen molar-refractivity contribution in [3.05, 3.63) is 0 Å². The molecule has 0 saturated carbocycles. The van der Waals surface area contributed by atoms with E-state index in [1.807, 2.05) is 7.11 Å². The second-order valence-corrected chi connectivity index (χ2v) is 5.67. The number of hydrogen-bond donors (Lipinski definition) is 1. The van der Waals surface area contributed by atoms with E-state index in [2.05, 4.69) is 18.7 Å². The second kappa shape index (κ2) is 8.06. The molecule has 0 aliphatic carbocycles. The summed E-state index contributed by atoms with van der Waals surface area (Å²) >= 11 is 0. The molecule has 3 heteroatoms. The number of hydrogen-bond acceptors (Lipinski definition) is 3. The predicted molar refractivity (Wildman–Crippen MR) is 73.1 cm³/mol. The highest BCUT2D eigenvalue weighted by atomic mass is 16.5. The Morgan fingerprint density at radius 2 is 2.12 bits per heavy atom. The van der Waals surface area contributed by atoms with Crippen LogP contribution in [0.5, 0.6) is 0 Å². The van der Waals surface area contributed by atoms with Gasteiger partial charge in [-0.15, -0.1) is 0 Å².